The van der Waals surface area contributed by atoms with Gasteiger partial charge in [-0.3, -0.25) is 9.59 Å². The summed E-state index contributed by atoms with van der Waals surface area (Å²) in [4.78, 5) is 23.3. The van der Waals surface area contributed by atoms with Crippen LogP contribution < -0.4 is 0 Å². The van der Waals surface area contributed by atoms with Gasteiger partial charge in [0.15, 0.2) is 5.67 Å². The predicted octanol–water partition coefficient (Wildman–Crippen LogP) is 4.79. The van der Waals surface area contributed by atoms with Crippen molar-refractivity contribution in [2.24, 2.45) is 34.5 Å². The van der Waals surface area contributed by atoms with Gasteiger partial charge >= 0.3 is 5.97 Å². The summed E-state index contributed by atoms with van der Waals surface area (Å²) in [5.74, 6) is 2.04. The minimum absolute atomic E-state index is 0.0736. The molecule has 0 aliphatic heterocycles. The molecule has 5 aliphatic rings. The van der Waals surface area contributed by atoms with E-state index in [4.69, 9.17) is 4.74 Å². The highest BCUT2D eigenvalue weighted by Crippen LogP contribution is 2.85. The first-order valence-electron chi connectivity index (χ1n) is 10.8. The zero-order valence-corrected chi connectivity index (χ0v) is 16.8. The molecule has 7 atom stereocenters. The van der Waals surface area contributed by atoms with Crippen LogP contribution in [0.4, 0.5) is 4.39 Å². The number of carbonyl (C=O) groups is 2. The number of carbonyl (C=O) groups excluding carboxylic acids is 2. The van der Waals surface area contributed by atoms with Gasteiger partial charge in [0, 0.05) is 25.2 Å². The van der Waals surface area contributed by atoms with Crippen LogP contribution in [0.5, 0.6) is 0 Å². The topological polar surface area (TPSA) is 43.4 Å². The quantitative estimate of drug-likeness (QED) is 0.516. The molecule has 3 nitrogen and oxygen atoms in total. The molecule has 0 aromatic rings. The van der Waals surface area contributed by atoms with E-state index < -0.39 is 11.1 Å². The molecule has 5 rings (SSSR count). The van der Waals surface area contributed by atoms with Crippen molar-refractivity contribution >= 4 is 11.8 Å². The summed E-state index contributed by atoms with van der Waals surface area (Å²) in [5, 5.41) is 0. The third-order valence-electron chi connectivity index (χ3n) is 9.39. The lowest BCUT2D eigenvalue weighted by atomic mass is 9.47. The molecule has 3 saturated carbocycles. The number of esters is 1. The van der Waals surface area contributed by atoms with E-state index in [0.717, 1.165) is 32.1 Å². The number of fused-ring (bicyclic) bond motifs is 2. The minimum atomic E-state index is -1.39. The molecule has 1 spiro atoms. The minimum Gasteiger partial charge on any atom is -0.462 e. The maximum Gasteiger partial charge on any atom is 0.302 e. The second-order valence-corrected chi connectivity index (χ2v) is 10.4. The van der Waals surface area contributed by atoms with Crippen molar-refractivity contribution in [3.05, 3.63) is 11.1 Å². The first kappa shape index (κ1) is 17.9. The lowest BCUT2D eigenvalue weighted by Crippen LogP contribution is -2.56. The van der Waals surface area contributed by atoms with Crippen molar-refractivity contribution < 1.29 is 18.7 Å². The number of hydrogen-bond donors (Lipinski definition) is 0. The molecule has 0 saturated heterocycles. The zero-order valence-electron chi connectivity index (χ0n) is 16.8. The maximum absolute atomic E-state index is 16.2. The Bertz CT molecular complexity index is 757. The van der Waals surface area contributed by atoms with Crippen LogP contribution in [0, 0.1) is 34.5 Å². The van der Waals surface area contributed by atoms with Crippen LogP contribution in [0.3, 0.4) is 0 Å². The van der Waals surface area contributed by atoms with Crippen LogP contribution in [-0.4, -0.2) is 24.0 Å². The predicted molar refractivity (Wildman–Crippen MR) is 99.6 cm³/mol. The van der Waals surface area contributed by atoms with Crippen molar-refractivity contribution in [1.29, 1.82) is 0 Å². The summed E-state index contributed by atoms with van der Waals surface area (Å²) in [5.41, 5.74) is 1.28. The Balaban J connectivity index is 1.51. The third-order valence-corrected chi connectivity index (χ3v) is 9.39. The average molecular weight is 374 g/mol. The highest BCUT2D eigenvalue weighted by atomic mass is 19.1. The Kier molecular flexibility index (Phi) is 3.61. The van der Waals surface area contributed by atoms with Crippen molar-refractivity contribution in [1.82, 2.24) is 0 Å². The number of ether oxygens (including phenoxy) is 1. The summed E-state index contributed by atoms with van der Waals surface area (Å²) < 4.78 is 21.4. The fourth-order valence-corrected chi connectivity index (χ4v) is 8.31. The Morgan fingerprint density at radius 2 is 2.07 bits per heavy atom. The van der Waals surface area contributed by atoms with E-state index in [0.29, 0.717) is 48.7 Å². The number of alkyl halides is 1. The van der Waals surface area contributed by atoms with Crippen LogP contribution in [0.15, 0.2) is 11.1 Å². The van der Waals surface area contributed by atoms with E-state index >= 15 is 4.39 Å². The van der Waals surface area contributed by atoms with Crippen molar-refractivity contribution in [3.8, 4) is 0 Å². The second-order valence-electron chi connectivity index (χ2n) is 10.4. The van der Waals surface area contributed by atoms with Gasteiger partial charge in [0.05, 0.1) is 0 Å². The fraction of sp³-hybridized carbons (Fsp3) is 0.826. The summed E-state index contributed by atoms with van der Waals surface area (Å²) in [6, 6.07) is 0. The Hall–Kier alpha value is -1.19. The average Bonchev–Trinajstić information content (AvgIpc) is 3.25. The Morgan fingerprint density at radius 1 is 1.30 bits per heavy atom. The molecule has 148 valence electrons. The molecular weight excluding hydrogens is 343 g/mol. The lowest BCUT2D eigenvalue weighted by Gasteiger charge is -2.57. The van der Waals surface area contributed by atoms with E-state index in [1.54, 1.807) is 5.57 Å². The Labute approximate surface area is 161 Å². The summed E-state index contributed by atoms with van der Waals surface area (Å²) in [6.07, 6.45) is 6.92. The van der Waals surface area contributed by atoms with E-state index in [9.17, 15) is 9.59 Å². The first-order valence-corrected chi connectivity index (χ1v) is 10.8. The second kappa shape index (κ2) is 5.45. The van der Waals surface area contributed by atoms with Gasteiger partial charge in [-0.25, -0.2) is 4.39 Å². The standard InChI is InChI=1S/C23H31FO3/c1-13-8-15-9-17(26)4-5-18(15)19-6-7-21(3)22(24,12-27-14(2)25)10-16-11-23(16,21)20(13)19/h13,16,19-20H,4-12H2,1-3H3/t13-,16-,19-,20-,21-,22-,23-/m1/s1. The number of rotatable bonds is 2. The number of ketones is 1. The number of Topliss-reactive ketones (excluding diaryl/α,β-unsaturated/α-hetero) is 1. The normalized spacial score (nSPS) is 50.4. The highest BCUT2D eigenvalue weighted by Gasteiger charge is 2.82. The van der Waals surface area contributed by atoms with E-state index in [2.05, 4.69) is 13.8 Å². The van der Waals surface area contributed by atoms with Crippen LogP contribution in [0.25, 0.3) is 0 Å². The van der Waals surface area contributed by atoms with Gasteiger partial charge in [-0.15, -0.1) is 0 Å². The molecule has 0 bridgehead atoms. The summed E-state index contributed by atoms with van der Waals surface area (Å²) >= 11 is 0. The van der Waals surface area contributed by atoms with E-state index in [-0.39, 0.29) is 18.0 Å². The number of allylic oxidation sites excluding steroid dienone is 2. The number of halogens is 1. The largest absolute Gasteiger partial charge is 0.462 e. The maximum atomic E-state index is 16.2. The fourth-order valence-electron chi connectivity index (χ4n) is 8.31. The van der Waals surface area contributed by atoms with Gasteiger partial charge < -0.3 is 4.74 Å². The van der Waals surface area contributed by atoms with Crippen LogP contribution in [0.1, 0.15) is 72.1 Å². The molecule has 0 aromatic carbocycles. The van der Waals surface area contributed by atoms with Crippen LogP contribution in [0.2, 0.25) is 0 Å². The third kappa shape index (κ3) is 2.13. The Morgan fingerprint density at radius 3 is 2.81 bits per heavy atom. The SMILES string of the molecule is CC(=O)OC[C@]1(F)C[C@@H]2C[C@]23[C@@H]2[C@H](C)CC4=C(CCC(=O)C4)[C@H]2CC[C@]13C. The smallest absolute Gasteiger partial charge is 0.302 e. The van der Waals surface area contributed by atoms with Crippen molar-refractivity contribution in [2.75, 3.05) is 6.61 Å². The number of hydrogen-bond acceptors (Lipinski definition) is 3. The first-order chi connectivity index (χ1) is 12.7. The molecule has 0 N–H and O–H groups in total. The van der Waals surface area contributed by atoms with Crippen LogP contribution >= 0.6 is 0 Å². The lowest BCUT2D eigenvalue weighted by molar-refractivity contribution is -0.159. The monoisotopic (exact) mass is 374 g/mol. The summed E-state index contributed by atoms with van der Waals surface area (Å²) in [6.45, 7) is 5.78. The molecule has 4 heteroatoms. The van der Waals surface area contributed by atoms with E-state index in [1.807, 2.05) is 0 Å². The molecule has 0 unspecified atom stereocenters. The molecular formula is C23H31FO3. The van der Waals surface area contributed by atoms with Crippen LogP contribution in [-0.2, 0) is 14.3 Å². The van der Waals surface area contributed by atoms with E-state index in [1.165, 1.54) is 12.5 Å². The van der Waals surface area contributed by atoms with Gasteiger partial charge in [0.1, 0.15) is 12.4 Å². The van der Waals surface area contributed by atoms with Crippen molar-refractivity contribution in [2.45, 2.75) is 77.8 Å². The molecule has 27 heavy (non-hydrogen) atoms. The van der Waals surface area contributed by atoms with Gasteiger partial charge in [-0.2, -0.15) is 0 Å². The molecule has 0 aromatic heterocycles. The molecule has 0 radical (unpaired) electrons. The molecule has 0 amide bonds. The molecule has 0 heterocycles. The summed E-state index contributed by atoms with van der Waals surface area (Å²) in [7, 11) is 0. The van der Waals surface area contributed by atoms with Gasteiger partial charge in [-0.1, -0.05) is 25.0 Å². The van der Waals surface area contributed by atoms with Gasteiger partial charge in [0.2, 0.25) is 0 Å². The van der Waals surface area contributed by atoms with Crippen molar-refractivity contribution in [3.63, 3.8) is 0 Å². The zero-order chi connectivity index (χ0) is 19.2. The van der Waals surface area contributed by atoms with Gasteiger partial charge in [-0.05, 0) is 67.6 Å². The van der Waals surface area contributed by atoms with Gasteiger partial charge in [0.25, 0.3) is 0 Å². The molecule has 5 aliphatic carbocycles. The highest BCUT2D eigenvalue weighted by molar-refractivity contribution is 5.82. The molecule has 3 fully saturated rings.